The van der Waals surface area contributed by atoms with Crippen LogP contribution in [-0.2, 0) is 0 Å². The van der Waals surface area contributed by atoms with E-state index < -0.39 is 5.97 Å². The van der Waals surface area contributed by atoms with Crippen molar-refractivity contribution < 1.29 is 9.90 Å². The molecule has 0 aliphatic carbocycles. The lowest BCUT2D eigenvalue weighted by Crippen LogP contribution is -2.03. The molecule has 0 radical (unpaired) electrons. The van der Waals surface area contributed by atoms with E-state index in [2.05, 4.69) is 20.9 Å². The summed E-state index contributed by atoms with van der Waals surface area (Å²) in [6.07, 6.45) is 1.36. The van der Waals surface area contributed by atoms with Crippen molar-refractivity contribution >= 4 is 39.3 Å². The number of benzene rings is 1. The summed E-state index contributed by atoms with van der Waals surface area (Å²) >= 11 is 4.80. The highest BCUT2D eigenvalue weighted by Crippen LogP contribution is 2.33. The number of pyridine rings is 1. The minimum absolute atomic E-state index is 0.0690. The summed E-state index contributed by atoms with van der Waals surface area (Å²) in [5.74, 6) is -1.05. The highest BCUT2D eigenvalue weighted by molar-refractivity contribution is 9.10. The van der Waals surface area contributed by atoms with Crippen molar-refractivity contribution in [2.24, 2.45) is 0 Å². The molecule has 3 N–H and O–H groups in total. The molecule has 92 valence electrons. The maximum absolute atomic E-state index is 11.0. The van der Waals surface area contributed by atoms with Crippen LogP contribution in [-0.4, -0.2) is 16.1 Å². The predicted molar refractivity (Wildman–Crippen MR) is 73.9 cm³/mol. The third kappa shape index (κ3) is 2.83. The number of carbonyl (C=O) groups is 1. The van der Waals surface area contributed by atoms with E-state index >= 15 is 0 Å². The number of carboxylic acid groups (broad SMARTS) is 1. The SMILES string of the molecule is Nc1cnc(Sc2ccccc2Br)cc1C(=O)O. The Labute approximate surface area is 116 Å². The number of nitrogens with zero attached hydrogens (tertiary/aromatic N) is 1. The molecule has 0 amide bonds. The summed E-state index contributed by atoms with van der Waals surface area (Å²) in [4.78, 5) is 16.0. The van der Waals surface area contributed by atoms with E-state index in [1.807, 2.05) is 24.3 Å². The fourth-order valence-electron chi connectivity index (χ4n) is 1.33. The smallest absolute Gasteiger partial charge is 0.337 e. The molecule has 0 bridgehead atoms. The van der Waals surface area contributed by atoms with E-state index in [1.54, 1.807) is 0 Å². The Bertz CT molecular complexity index is 604. The minimum Gasteiger partial charge on any atom is -0.478 e. The van der Waals surface area contributed by atoms with Gasteiger partial charge in [0.25, 0.3) is 0 Å². The maximum atomic E-state index is 11.0. The molecule has 0 atom stereocenters. The number of carboxylic acids is 1. The zero-order chi connectivity index (χ0) is 13.1. The molecule has 1 aromatic carbocycles. The number of hydrogen-bond donors (Lipinski definition) is 2. The molecule has 2 rings (SSSR count). The average Bonchev–Trinajstić information content (AvgIpc) is 2.34. The van der Waals surface area contributed by atoms with Crippen LogP contribution in [0.5, 0.6) is 0 Å². The van der Waals surface area contributed by atoms with Gasteiger partial charge in [0.15, 0.2) is 0 Å². The van der Waals surface area contributed by atoms with E-state index in [9.17, 15) is 4.79 Å². The molecule has 0 saturated heterocycles. The molecule has 0 spiro atoms. The summed E-state index contributed by atoms with van der Waals surface area (Å²) in [6.45, 7) is 0. The van der Waals surface area contributed by atoms with Crippen molar-refractivity contribution in [3.05, 3.63) is 46.6 Å². The fraction of sp³-hybridized carbons (Fsp3) is 0. The third-order valence-corrected chi connectivity index (χ3v) is 4.15. The summed E-state index contributed by atoms with van der Waals surface area (Å²) in [5, 5.41) is 9.58. The van der Waals surface area contributed by atoms with E-state index in [-0.39, 0.29) is 11.3 Å². The molecule has 0 aliphatic rings. The number of aromatic carboxylic acids is 1. The third-order valence-electron chi connectivity index (χ3n) is 2.19. The molecule has 18 heavy (non-hydrogen) atoms. The van der Waals surface area contributed by atoms with E-state index in [4.69, 9.17) is 10.8 Å². The molecule has 6 heteroatoms. The molecule has 0 aliphatic heterocycles. The van der Waals surface area contributed by atoms with E-state index in [0.29, 0.717) is 5.03 Å². The van der Waals surface area contributed by atoms with Gasteiger partial charge in [0.1, 0.15) is 5.03 Å². The van der Waals surface area contributed by atoms with Gasteiger partial charge in [-0.15, -0.1) is 0 Å². The maximum Gasteiger partial charge on any atom is 0.337 e. The second-order valence-corrected chi connectivity index (χ2v) is 5.36. The Kier molecular flexibility index (Phi) is 3.88. The number of halogens is 1. The van der Waals surface area contributed by atoms with Crippen LogP contribution in [0.2, 0.25) is 0 Å². The first kappa shape index (κ1) is 12.9. The van der Waals surface area contributed by atoms with Crippen molar-refractivity contribution in [1.29, 1.82) is 0 Å². The number of hydrogen-bond acceptors (Lipinski definition) is 4. The first-order chi connectivity index (χ1) is 8.58. The average molecular weight is 325 g/mol. The minimum atomic E-state index is -1.05. The van der Waals surface area contributed by atoms with E-state index in [0.717, 1.165) is 9.37 Å². The summed E-state index contributed by atoms with van der Waals surface area (Å²) in [7, 11) is 0. The predicted octanol–water partition coefficient (Wildman–Crippen LogP) is 3.28. The van der Waals surface area contributed by atoms with Gasteiger partial charge >= 0.3 is 5.97 Å². The quantitative estimate of drug-likeness (QED) is 0.906. The molecule has 0 fully saturated rings. The van der Waals surface area contributed by atoms with Gasteiger partial charge in [-0.25, -0.2) is 9.78 Å². The summed E-state index contributed by atoms with van der Waals surface area (Å²) in [6, 6.07) is 9.13. The number of rotatable bonds is 3. The number of aromatic nitrogens is 1. The van der Waals surface area contributed by atoms with Gasteiger partial charge in [0.2, 0.25) is 0 Å². The second-order valence-electron chi connectivity index (χ2n) is 3.45. The fourth-order valence-corrected chi connectivity index (χ4v) is 2.68. The first-order valence-electron chi connectivity index (χ1n) is 4.99. The van der Waals surface area contributed by atoms with Gasteiger partial charge in [0, 0.05) is 9.37 Å². The highest BCUT2D eigenvalue weighted by Gasteiger charge is 2.11. The molecule has 1 heterocycles. The van der Waals surface area contributed by atoms with Crippen LogP contribution in [0, 0.1) is 0 Å². The largest absolute Gasteiger partial charge is 0.478 e. The summed E-state index contributed by atoms with van der Waals surface area (Å²) in [5.41, 5.74) is 5.79. The molecular formula is C12H9BrN2O2S. The van der Waals surface area contributed by atoms with Crippen LogP contribution in [0.1, 0.15) is 10.4 Å². The Morgan fingerprint density at radius 2 is 2.11 bits per heavy atom. The number of anilines is 1. The van der Waals surface area contributed by atoms with Gasteiger partial charge < -0.3 is 10.8 Å². The molecule has 0 saturated carbocycles. The molecule has 2 aromatic rings. The van der Waals surface area contributed by atoms with Gasteiger partial charge in [-0.3, -0.25) is 0 Å². The van der Waals surface area contributed by atoms with Crippen LogP contribution >= 0.6 is 27.7 Å². The van der Waals surface area contributed by atoms with Crippen LogP contribution in [0.15, 0.2) is 50.9 Å². The lowest BCUT2D eigenvalue weighted by Gasteiger charge is -2.05. The lowest BCUT2D eigenvalue weighted by atomic mass is 10.2. The lowest BCUT2D eigenvalue weighted by molar-refractivity contribution is 0.0697. The highest BCUT2D eigenvalue weighted by atomic mass is 79.9. The van der Waals surface area contributed by atoms with Gasteiger partial charge in [-0.1, -0.05) is 23.9 Å². The van der Waals surface area contributed by atoms with Crippen LogP contribution in [0.3, 0.4) is 0 Å². The van der Waals surface area contributed by atoms with Crippen LogP contribution in [0.4, 0.5) is 5.69 Å². The van der Waals surface area contributed by atoms with Crippen LogP contribution < -0.4 is 5.73 Å². The van der Waals surface area contributed by atoms with Gasteiger partial charge in [-0.05, 0) is 34.1 Å². The Morgan fingerprint density at radius 1 is 1.39 bits per heavy atom. The Balaban J connectivity index is 2.33. The normalized spacial score (nSPS) is 10.3. The van der Waals surface area contributed by atoms with Crippen LogP contribution in [0.25, 0.3) is 0 Å². The van der Waals surface area contributed by atoms with Crippen molar-refractivity contribution in [2.75, 3.05) is 5.73 Å². The zero-order valence-electron chi connectivity index (χ0n) is 9.13. The monoisotopic (exact) mass is 324 g/mol. The van der Waals surface area contributed by atoms with E-state index in [1.165, 1.54) is 24.0 Å². The van der Waals surface area contributed by atoms with Crippen molar-refractivity contribution in [3.8, 4) is 0 Å². The number of nitrogens with two attached hydrogens (primary N) is 1. The molecule has 4 nitrogen and oxygen atoms in total. The van der Waals surface area contributed by atoms with Gasteiger partial charge in [-0.2, -0.15) is 0 Å². The number of nitrogen functional groups attached to an aromatic ring is 1. The van der Waals surface area contributed by atoms with Crippen molar-refractivity contribution in [1.82, 2.24) is 4.98 Å². The van der Waals surface area contributed by atoms with Crippen molar-refractivity contribution in [3.63, 3.8) is 0 Å². The standard InChI is InChI=1S/C12H9BrN2O2S/c13-8-3-1-2-4-10(8)18-11-5-7(12(16)17)9(14)6-15-11/h1-6H,14H2,(H,16,17). The Hall–Kier alpha value is -1.53. The Morgan fingerprint density at radius 3 is 2.78 bits per heavy atom. The topological polar surface area (TPSA) is 76.2 Å². The van der Waals surface area contributed by atoms with Crippen molar-refractivity contribution in [2.45, 2.75) is 9.92 Å². The second kappa shape index (κ2) is 5.41. The summed E-state index contributed by atoms with van der Waals surface area (Å²) < 4.78 is 0.936. The van der Waals surface area contributed by atoms with Gasteiger partial charge in [0.05, 0.1) is 17.4 Å². The molecular weight excluding hydrogens is 316 g/mol. The molecule has 0 unspecified atom stereocenters. The zero-order valence-corrected chi connectivity index (χ0v) is 11.5. The first-order valence-corrected chi connectivity index (χ1v) is 6.60. The molecule has 1 aromatic heterocycles.